The maximum Gasteiger partial charge on any atom is 0.387 e. The van der Waals surface area contributed by atoms with Crippen LogP contribution in [0.2, 0.25) is 0 Å². The summed E-state index contributed by atoms with van der Waals surface area (Å²) < 4.78 is 29.1. The van der Waals surface area contributed by atoms with E-state index < -0.39 is 6.61 Å². The molecule has 1 aromatic rings. The van der Waals surface area contributed by atoms with Gasteiger partial charge < -0.3 is 4.74 Å². The molecule has 1 saturated carbocycles. The van der Waals surface area contributed by atoms with E-state index in [0.29, 0.717) is 11.5 Å². The minimum Gasteiger partial charge on any atom is -0.434 e. The van der Waals surface area contributed by atoms with Crippen LogP contribution in [0.1, 0.15) is 30.9 Å². The van der Waals surface area contributed by atoms with Crippen molar-refractivity contribution in [3.05, 3.63) is 29.8 Å². The second-order valence-corrected chi connectivity index (χ2v) is 4.25. The molecule has 5 heteroatoms. The standard InChI is InChI=1S/C12H16F2N2O/c13-12(14)17-10-7-2-1-6-9(10)11(16-15)8-4-3-5-8/h1-2,6-8,11-12,16H,3-5,15H2. The van der Waals surface area contributed by atoms with E-state index in [4.69, 9.17) is 5.84 Å². The Labute approximate surface area is 98.9 Å². The van der Waals surface area contributed by atoms with Crippen molar-refractivity contribution in [2.75, 3.05) is 0 Å². The van der Waals surface area contributed by atoms with E-state index in [2.05, 4.69) is 10.2 Å². The number of hydrogen-bond donors (Lipinski definition) is 2. The highest BCUT2D eigenvalue weighted by atomic mass is 19.3. The lowest BCUT2D eigenvalue weighted by molar-refractivity contribution is -0.0510. The van der Waals surface area contributed by atoms with Gasteiger partial charge in [0.25, 0.3) is 0 Å². The van der Waals surface area contributed by atoms with Crippen LogP contribution >= 0.6 is 0 Å². The van der Waals surface area contributed by atoms with Gasteiger partial charge in [-0.2, -0.15) is 8.78 Å². The molecule has 0 radical (unpaired) electrons. The molecule has 0 amide bonds. The lowest BCUT2D eigenvalue weighted by atomic mass is 9.77. The summed E-state index contributed by atoms with van der Waals surface area (Å²) in [7, 11) is 0. The Bertz CT molecular complexity index is 369. The van der Waals surface area contributed by atoms with E-state index in [-0.39, 0.29) is 11.8 Å². The smallest absolute Gasteiger partial charge is 0.387 e. The molecule has 2 rings (SSSR count). The zero-order valence-corrected chi connectivity index (χ0v) is 9.40. The number of benzene rings is 1. The van der Waals surface area contributed by atoms with Crippen LogP contribution < -0.4 is 16.0 Å². The van der Waals surface area contributed by atoms with E-state index in [1.54, 1.807) is 24.3 Å². The van der Waals surface area contributed by atoms with Crippen LogP contribution in [0.4, 0.5) is 8.78 Å². The first-order valence-corrected chi connectivity index (χ1v) is 5.72. The normalized spacial score (nSPS) is 17.9. The van der Waals surface area contributed by atoms with Crippen LogP contribution in [0.3, 0.4) is 0 Å². The molecule has 3 N–H and O–H groups in total. The van der Waals surface area contributed by atoms with Gasteiger partial charge >= 0.3 is 6.61 Å². The summed E-state index contributed by atoms with van der Waals surface area (Å²) in [6, 6.07) is 6.69. The third kappa shape index (κ3) is 2.73. The third-order valence-electron chi connectivity index (χ3n) is 3.27. The van der Waals surface area contributed by atoms with Crippen LogP contribution in [0, 0.1) is 5.92 Å². The van der Waals surface area contributed by atoms with Crippen molar-refractivity contribution in [3.8, 4) is 5.75 Å². The molecule has 1 aliphatic carbocycles. The second-order valence-electron chi connectivity index (χ2n) is 4.25. The van der Waals surface area contributed by atoms with Gasteiger partial charge in [-0.05, 0) is 24.8 Å². The second kappa shape index (κ2) is 5.42. The fraction of sp³-hybridized carbons (Fsp3) is 0.500. The maximum atomic E-state index is 12.3. The predicted molar refractivity (Wildman–Crippen MR) is 60.5 cm³/mol. The van der Waals surface area contributed by atoms with Gasteiger partial charge in [-0.25, -0.2) is 0 Å². The van der Waals surface area contributed by atoms with Crippen molar-refractivity contribution < 1.29 is 13.5 Å². The lowest BCUT2D eigenvalue weighted by Gasteiger charge is -2.34. The van der Waals surface area contributed by atoms with Crippen molar-refractivity contribution in [2.24, 2.45) is 11.8 Å². The highest BCUT2D eigenvalue weighted by Gasteiger charge is 2.29. The van der Waals surface area contributed by atoms with Gasteiger partial charge in [0.1, 0.15) is 5.75 Å². The first kappa shape index (κ1) is 12.3. The van der Waals surface area contributed by atoms with Crippen molar-refractivity contribution >= 4 is 0 Å². The lowest BCUT2D eigenvalue weighted by Crippen LogP contribution is -2.36. The van der Waals surface area contributed by atoms with Crippen molar-refractivity contribution in [1.29, 1.82) is 0 Å². The molecule has 0 saturated heterocycles. The van der Waals surface area contributed by atoms with Crippen molar-refractivity contribution in [3.63, 3.8) is 0 Å². The Morgan fingerprint density at radius 1 is 1.29 bits per heavy atom. The molecule has 0 bridgehead atoms. The fourth-order valence-corrected chi connectivity index (χ4v) is 2.19. The highest BCUT2D eigenvalue weighted by Crippen LogP contribution is 2.40. The SMILES string of the molecule is NNC(c1ccccc1OC(F)F)C1CCC1. The maximum absolute atomic E-state index is 12.3. The van der Waals surface area contributed by atoms with E-state index in [9.17, 15) is 8.78 Å². The number of para-hydroxylation sites is 1. The summed E-state index contributed by atoms with van der Waals surface area (Å²) in [4.78, 5) is 0. The molecular weight excluding hydrogens is 226 g/mol. The number of nitrogens with one attached hydrogen (secondary N) is 1. The number of halogens is 2. The molecule has 1 aliphatic rings. The Hall–Kier alpha value is -1.20. The first-order chi connectivity index (χ1) is 8.22. The van der Waals surface area contributed by atoms with E-state index >= 15 is 0 Å². The summed E-state index contributed by atoms with van der Waals surface area (Å²) in [5.41, 5.74) is 3.42. The van der Waals surface area contributed by atoms with Gasteiger partial charge in [-0.1, -0.05) is 24.6 Å². The fourth-order valence-electron chi connectivity index (χ4n) is 2.19. The molecule has 17 heavy (non-hydrogen) atoms. The van der Waals surface area contributed by atoms with E-state index in [1.165, 1.54) is 6.42 Å². The van der Waals surface area contributed by atoms with Crippen LogP contribution in [-0.2, 0) is 0 Å². The Morgan fingerprint density at radius 2 is 2.00 bits per heavy atom. The van der Waals surface area contributed by atoms with E-state index in [0.717, 1.165) is 12.8 Å². The van der Waals surface area contributed by atoms with Gasteiger partial charge in [0.15, 0.2) is 0 Å². The number of alkyl halides is 2. The largest absolute Gasteiger partial charge is 0.434 e. The molecular formula is C12H16F2N2O. The molecule has 0 spiro atoms. The van der Waals surface area contributed by atoms with Gasteiger partial charge in [-0.15, -0.1) is 0 Å². The predicted octanol–water partition coefficient (Wildman–Crippen LogP) is 2.59. The molecule has 0 heterocycles. The molecule has 1 aromatic carbocycles. The quantitative estimate of drug-likeness (QED) is 0.616. The summed E-state index contributed by atoms with van der Waals surface area (Å²) in [5.74, 6) is 6.13. The van der Waals surface area contributed by atoms with Crippen LogP contribution in [-0.4, -0.2) is 6.61 Å². The Kier molecular flexibility index (Phi) is 3.91. The third-order valence-corrected chi connectivity index (χ3v) is 3.27. The van der Waals surface area contributed by atoms with Crippen LogP contribution in [0.15, 0.2) is 24.3 Å². The summed E-state index contributed by atoms with van der Waals surface area (Å²) in [6.45, 7) is -2.81. The monoisotopic (exact) mass is 242 g/mol. The first-order valence-electron chi connectivity index (χ1n) is 5.72. The Balaban J connectivity index is 2.22. The summed E-state index contributed by atoms with van der Waals surface area (Å²) >= 11 is 0. The summed E-state index contributed by atoms with van der Waals surface area (Å²) in [5, 5.41) is 0. The average Bonchev–Trinajstić information content (AvgIpc) is 2.23. The Morgan fingerprint density at radius 3 is 2.53 bits per heavy atom. The number of nitrogens with two attached hydrogens (primary N) is 1. The van der Waals surface area contributed by atoms with Crippen LogP contribution in [0.5, 0.6) is 5.75 Å². The van der Waals surface area contributed by atoms with Crippen molar-refractivity contribution in [2.45, 2.75) is 31.9 Å². The topological polar surface area (TPSA) is 47.3 Å². The number of hydrazine groups is 1. The van der Waals surface area contributed by atoms with Gasteiger partial charge in [0.2, 0.25) is 0 Å². The molecule has 94 valence electrons. The molecule has 1 fully saturated rings. The zero-order chi connectivity index (χ0) is 12.3. The number of hydrogen-bond acceptors (Lipinski definition) is 3. The minimum atomic E-state index is -2.81. The van der Waals surface area contributed by atoms with Gasteiger partial charge in [0.05, 0.1) is 6.04 Å². The van der Waals surface area contributed by atoms with Crippen LogP contribution in [0.25, 0.3) is 0 Å². The number of rotatable bonds is 5. The molecule has 0 aromatic heterocycles. The minimum absolute atomic E-state index is 0.112. The van der Waals surface area contributed by atoms with Gasteiger partial charge in [0, 0.05) is 5.56 Å². The molecule has 3 nitrogen and oxygen atoms in total. The molecule has 1 atom stereocenters. The number of ether oxygens (including phenoxy) is 1. The van der Waals surface area contributed by atoms with Crippen molar-refractivity contribution in [1.82, 2.24) is 5.43 Å². The zero-order valence-electron chi connectivity index (χ0n) is 9.40. The molecule has 0 aliphatic heterocycles. The summed E-state index contributed by atoms with van der Waals surface area (Å²) in [6.07, 6.45) is 3.30. The average molecular weight is 242 g/mol. The highest BCUT2D eigenvalue weighted by molar-refractivity contribution is 5.36. The van der Waals surface area contributed by atoms with E-state index in [1.807, 2.05) is 0 Å². The molecule has 1 unspecified atom stereocenters. The van der Waals surface area contributed by atoms with Gasteiger partial charge in [-0.3, -0.25) is 11.3 Å².